The van der Waals surface area contributed by atoms with Crippen molar-refractivity contribution in [2.75, 3.05) is 13.2 Å². The average molecular weight is 497 g/mol. The van der Waals surface area contributed by atoms with E-state index in [1.165, 1.54) is 0 Å². The van der Waals surface area contributed by atoms with Gasteiger partial charge in [-0.25, -0.2) is 9.50 Å². The molecule has 2 aromatic carbocycles. The molecule has 0 fully saturated rings. The van der Waals surface area contributed by atoms with Gasteiger partial charge in [0.2, 0.25) is 0 Å². The van der Waals surface area contributed by atoms with E-state index in [0.29, 0.717) is 47.4 Å². The van der Waals surface area contributed by atoms with Crippen molar-refractivity contribution in [3.05, 3.63) is 90.1 Å². The van der Waals surface area contributed by atoms with Crippen LogP contribution in [0.2, 0.25) is 0 Å². The number of fused-ring (bicyclic) bond motifs is 1. The van der Waals surface area contributed by atoms with Gasteiger partial charge in [0.1, 0.15) is 5.76 Å². The summed E-state index contributed by atoms with van der Waals surface area (Å²) in [5.74, 6) is 1.76. The second kappa shape index (κ2) is 10.6. The van der Waals surface area contributed by atoms with Crippen LogP contribution in [0.15, 0.2) is 77.5 Å². The Balaban J connectivity index is 1.64. The van der Waals surface area contributed by atoms with Gasteiger partial charge < -0.3 is 19.2 Å². The van der Waals surface area contributed by atoms with Crippen LogP contribution in [0.25, 0.3) is 28.0 Å². The van der Waals surface area contributed by atoms with Crippen LogP contribution in [0.5, 0.6) is 11.5 Å². The number of amides is 1. The van der Waals surface area contributed by atoms with Crippen LogP contribution >= 0.6 is 0 Å². The fourth-order valence-corrected chi connectivity index (χ4v) is 4.35. The maximum absolute atomic E-state index is 13.3. The molecule has 1 N–H and O–H groups in total. The van der Waals surface area contributed by atoms with E-state index in [2.05, 4.69) is 5.32 Å². The van der Waals surface area contributed by atoms with Gasteiger partial charge in [-0.2, -0.15) is 5.10 Å². The molecule has 0 saturated carbocycles. The Morgan fingerprint density at radius 2 is 1.76 bits per heavy atom. The van der Waals surface area contributed by atoms with Crippen molar-refractivity contribution in [2.24, 2.45) is 0 Å². The van der Waals surface area contributed by atoms with E-state index in [0.717, 1.165) is 22.4 Å². The molecule has 0 saturated heterocycles. The van der Waals surface area contributed by atoms with Crippen molar-refractivity contribution >= 4 is 11.6 Å². The van der Waals surface area contributed by atoms with Gasteiger partial charge in [-0.3, -0.25) is 4.79 Å². The van der Waals surface area contributed by atoms with E-state index >= 15 is 0 Å². The van der Waals surface area contributed by atoms with E-state index < -0.39 is 0 Å². The van der Waals surface area contributed by atoms with Crippen LogP contribution in [-0.2, 0) is 6.54 Å². The largest absolute Gasteiger partial charge is 0.490 e. The quantitative estimate of drug-likeness (QED) is 0.282. The molecule has 5 rings (SSSR count). The predicted octanol–water partition coefficient (Wildman–Crippen LogP) is 5.69. The normalized spacial score (nSPS) is 11.0. The molecule has 0 atom stereocenters. The van der Waals surface area contributed by atoms with Crippen molar-refractivity contribution in [1.29, 1.82) is 0 Å². The van der Waals surface area contributed by atoms with Gasteiger partial charge in [0.05, 0.1) is 43.0 Å². The molecule has 3 heterocycles. The van der Waals surface area contributed by atoms with Crippen molar-refractivity contribution < 1.29 is 18.7 Å². The number of aryl methyl sites for hydroxylation is 1. The van der Waals surface area contributed by atoms with Gasteiger partial charge in [-0.05, 0) is 50.6 Å². The van der Waals surface area contributed by atoms with Gasteiger partial charge in [0, 0.05) is 17.3 Å². The van der Waals surface area contributed by atoms with Crippen molar-refractivity contribution in [3.63, 3.8) is 0 Å². The number of nitrogens with zero attached hydrogens (tertiary/aromatic N) is 3. The Labute approximate surface area is 214 Å². The van der Waals surface area contributed by atoms with Crippen molar-refractivity contribution in [1.82, 2.24) is 19.9 Å². The Kier molecular flexibility index (Phi) is 6.89. The molecule has 5 aromatic rings. The summed E-state index contributed by atoms with van der Waals surface area (Å²) >= 11 is 0. The summed E-state index contributed by atoms with van der Waals surface area (Å²) in [6.45, 7) is 7.15. The molecule has 1 amide bonds. The highest BCUT2D eigenvalue weighted by atomic mass is 16.5. The Morgan fingerprint density at radius 1 is 0.973 bits per heavy atom. The summed E-state index contributed by atoms with van der Waals surface area (Å²) in [6, 6.07) is 19.2. The fourth-order valence-electron chi connectivity index (χ4n) is 4.35. The monoisotopic (exact) mass is 496 g/mol. The first-order chi connectivity index (χ1) is 18.1. The minimum Gasteiger partial charge on any atom is -0.490 e. The topological polar surface area (TPSA) is 90.9 Å². The third-order valence-electron chi connectivity index (χ3n) is 5.95. The van der Waals surface area contributed by atoms with E-state index in [-0.39, 0.29) is 12.5 Å². The summed E-state index contributed by atoms with van der Waals surface area (Å²) in [7, 11) is 0. The molecule has 0 aliphatic heterocycles. The molecule has 37 heavy (non-hydrogen) atoms. The SMILES string of the molecule is CCOc1ccc(-c2c(C)nn3c(-c4ccccc4)c(C(=O)NCc4ccco4)cnc23)cc1OCC. The molecule has 188 valence electrons. The number of benzene rings is 2. The minimum atomic E-state index is -0.265. The molecular formula is C29H28N4O4. The number of ether oxygens (including phenoxy) is 2. The van der Waals surface area contributed by atoms with Crippen LogP contribution in [-0.4, -0.2) is 33.7 Å². The van der Waals surface area contributed by atoms with Gasteiger partial charge >= 0.3 is 0 Å². The summed E-state index contributed by atoms with van der Waals surface area (Å²) in [5.41, 5.74) is 5.13. The van der Waals surface area contributed by atoms with Crippen LogP contribution in [0.3, 0.4) is 0 Å². The molecule has 8 heteroatoms. The average Bonchev–Trinajstić information content (AvgIpc) is 3.55. The van der Waals surface area contributed by atoms with Gasteiger partial charge in [-0.1, -0.05) is 36.4 Å². The second-order valence-corrected chi connectivity index (χ2v) is 8.37. The number of carbonyl (C=O) groups excluding carboxylic acids is 1. The van der Waals surface area contributed by atoms with Crippen molar-refractivity contribution in [3.8, 4) is 33.9 Å². The summed E-state index contributed by atoms with van der Waals surface area (Å²) < 4.78 is 18.7. The minimum absolute atomic E-state index is 0.265. The third kappa shape index (κ3) is 4.78. The molecule has 8 nitrogen and oxygen atoms in total. The van der Waals surface area contributed by atoms with Crippen LogP contribution in [0.1, 0.15) is 35.7 Å². The lowest BCUT2D eigenvalue weighted by atomic mass is 10.0. The van der Waals surface area contributed by atoms with Gasteiger partial charge in [0.15, 0.2) is 17.1 Å². The zero-order chi connectivity index (χ0) is 25.8. The lowest BCUT2D eigenvalue weighted by Crippen LogP contribution is -2.24. The lowest BCUT2D eigenvalue weighted by molar-refractivity contribution is 0.0948. The molecule has 0 aliphatic carbocycles. The molecule has 3 aromatic heterocycles. The zero-order valence-electron chi connectivity index (χ0n) is 21.0. The zero-order valence-corrected chi connectivity index (χ0v) is 21.0. The van der Waals surface area contributed by atoms with E-state index in [9.17, 15) is 4.79 Å². The second-order valence-electron chi connectivity index (χ2n) is 8.37. The first-order valence-corrected chi connectivity index (χ1v) is 12.2. The van der Waals surface area contributed by atoms with E-state index in [4.69, 9.17) is 24.0 Å². The van der Waals surface area contributed by atoms with E-state index in [1.54, 1.807) is 23.0 Å². The number of nitrogens with one attached hydrogen (secondary N) is 1. The summed E-state index contributed by atoms with van der Waals surface area (Å²) in [4.78, 5) is 18.0. The molecular weight excluding hydrogens is 468 g/mol. The highest BCUT2D eigenvalue weighted by Crippen LogP contribution is 2.37. The number of hydrogen-bond donors (Lipinski definition) is 1. The standard InChI is InChI=1S/C29H28N4O4/c1-4-35-24-14-13-21(16-25(24)36-5-2)26-19(3)32-33-27(20-10-7-6-8-11-20)23(18-30-28(26)33)29(34)31-17-22-12-9-15-37-22/h6-16,18H,4-5,17H2,1-3H3,(H,31,34). The maximum atomic E-state index is 13.3. The Bertz CT molecular complexity index is 1530. The lowest BCUT2D eigenvalue weighted by Gasteiger charge is -2.13. The highest BCUT2D eigenvalue weighted by molar-refractivity contribution is 6.00. The van der Waals surface area contributed by atoms with E-state index in [1.807, 2.05) is 75.4 Å². The number of rotatable bonds is 9. The molecule has 0 radical (unpaired) electrons. The molecule has 0 unspecified atom stereocenters. The van der Waals surface area contributed by atoms with Crippen LogP contribution in [0, 0.1) is 6.92 Å². The number of hydrogen-bond acceptors (Lipinski definition) is 6. The Hall–Kier alpha value is -4.59. The van der Waals surface area contributed by atoms with Crippen LogP contribution < -0.4 is 14.8 Å². The predicted molar refractivity (Wildman–Crippen MR) is 141 cm³/mol. The first kappa shape index (κ1) is 24.1. The van der Waals surface area contributed by atoms with Crippen molar-refractivity contribution in [2.45, 2.75) is 27.3 Å². The molecule has 0 spiro atoms. The summed E-state index contributed by atoms with van der Waals surface area (Å²) in [5, 5.41) is 7.76. The number of furan rings is 1. The third-order valence-corrected chi connectivity index (χ3v) is 5.95. The van der Waals surface area contributed by atoms with Gasteiger partial charge in [0.25, 0.3) is 5.91 Å². The van der Waals surface area contributed by atoms with Gasteiger partial charge in [-0.15, -0.1) is 0 Å². The fraction of sp³-hybridized carbons (Fsp3) is 0.207. The molecule has 0 bridgehead atoms. The number of aromatic nitrogens is 3. The Morgan fingerprint density at radius 3 is 2.49 bits per heavy atom. The maximum Gasteiger partial charge on any atom is 0.255 e. The smallest absolute Gasteiger partial charge is 0.255 e. The summed E-state index contributed by atoms with van der Waals surface area (Å²) in [6.07, 6.45) is 3.19. The number of carbonyl (C=O) groups is 1. The first-order valence-electron chi connectivity index (χ1n) is 12.2. The van der Waals surface area contributed by atoms with Crippen LogP contribution in [0.4, 0.5) is 0 Å². The molecule has 0 aliphatic rings. The highest BCUT2D eigenvalue weighted by Gasteiger charge is 2.23.